The van der Waals surface area contributed by atoms with Gasteiger partial charge >= 0.3 is 0 Å². The van der Waals surface area contributed by atoms with Gasteiger partial charge in [-0.05, 0) is 27.5 Å². The topological polar surface area (TPSA) is 56.5 Å². The van der Waals surface area contributed by atoms with Crippen LogP contribution in [0.1, 0.15) is 0 Å². The Hall–Kier alpha value is -1.01. The molecule has 0 aromatic carbocycles. The van der Waals surface area contributed by atoms with Crippen LogP contribution in [0.15, 0.2) is 16.9 Å². The van der Waals surface area contributed by atoms with Crippen molar-refractivity contribution in [2.45, 2.75) is 0 Å². The van der Waals surface area contributed by atoms with E-state index in [1.807, 2.05) is 13.1 Å². The van der Waals surface area contributed by atoms with Gasteiger partial charge in [0.25, 0.3) is 0 Å². The molecule has 0 bridgehead atoms. The highest BCUT2D eigenvalue weighted by molar-refractivity contribution is 9.10. The van der Waals surface area contributed by atoms with Gasteiger partial charge in [0.15, 0.2) is 0 Å². The summed E-state index contributed by atoms with van der Waals surface area (Å²) in [6.45, 7) is 0. The molecule has 2 aromatic heterocycles. The molecule has 0 spiro atoms. The monoisotopic (exact) mass is 273 g/mol. The molecule has 0 amide bonds. The first-order valence-corrected chi connectivity index (χ1v) is 4.89. The number of hydrogen-bond acceptors (Lipinski definition) is 4. The van der Waals surface area contributed by atoms with Crippen molar-refractivity contribution < 1.29 is 0 Å². The van der Waals surface area contributed by atoms with Gasteiger partial charge in [-0.2, -0.15) is 5.10 Å². The summed E-state index contributed by atoms with van der Waals surface area (Å²) in [6.07, 6.45) is 1.55. The van der Waals surface area contributed by atoms with Crippen molar-refractivity contribution in [1.82, 2.24) is 25.0 Å². The van der Waals surface area contributed by atoms with Crippen LogP contribution in [0, 0.1) is 0 Å². The predicted molar refractivity (Wildman–Crippen MR) is 54.7 cm³/mol. The minimum absolute atomic E-state index is 0.134. The highest BCUT2D eigenvalue weighted by Gasteiger charge is 2.07. The summed E-state index contributed by atoms with van der Waals surface area (Å²) in [5, 5.41) is 11.8. The van der Waals surface area contributed by atoms with Crippen LogP contribution in [-0.4, -0.2) is 25.0 Å². The minimum atomic E-state index is 0.134. The maximum atomic E-state index is 5.53. The molecule has 0 N–H and O–H groups in total. The summed E-state index contributed by atoms with van der Waals surface area (Å²) in [4.78, 5) is 3.84. The molecule has 0 saturated heterocycles. The van der Waals surface area contributed by atoms with E-state index < -0.39 is 0 Å². The van der Waals surface area contributed by atoms with Gasteiger partial charge in [0.2, 0.25) is 5.28 Å². The summed E-state index contributed by atoms with van der Waals surface area (Å²) in [5.41, 5.74) is 1.46. The van der Waals surface area contributed by atoms with Crippen molar-refractivity contribution in [3.05, 3.63) is 22.1 Å². The van der Waals surface area contributed by atoms with E-state index >= 15 is 0 Å². The van der Waals surface area contributed by atoms with Gasteiger partial charge in [0.05, 0.1) is 11.9 Å². The largest absolute Gasteiger partial charge is 0.265 e. The van der Waals surface area contributed by atoms with Crippen molar-refractivity contribution in [3.63, 3.8) is 0 Å². The zero-order valence-electron chi connectivity index (χ0n) is 7.15. The number of nitrogens with zero attached hydrogens (tertiary/aromatic N) is 5. The van der Waals surface area contributed by atoms with Gasteiger partial charge < -0.3 is 0 Å². The smallest absolute Gasteiger partial charge is 0.242 e. The maximum Gasteiger partial charge on any atom is 0.242 e. The molecule has 0 fully saturated rings. The van der Waals surface area contributed by atoms with Gasteiger partial charge in [0, 0.05) is 13.1 Å². The van der Waals surface area contributed by atoms with Gasteiger partial charge in [-0.25, -0.2) is 4.98 Å². The lowest BCUT2D eigenvalue weighted by atomic mass is 10.3. The van der Waals surface area contributed by atoms with E-state index in [4.69, 9.17) is 11.6 Å². The fraction of sp³-hybridized carbons (Fsp3) is 0.143. The zero-order valence-corrected chi connectivity index (χ0v) is 9.49. The van der Waals surface area contributed by atoms with Crippen molar-refractivity contribution >= 4 is 27.5 Å². The number of halogens is 2. The molecule has 0 saturated carbocycles. The molecule has 0 aliphatic carbocycles. The molecular weight excluding hydrogens is 269 g/mol. The van der Waals surface area contributed by atoms with Gasteiger partial charge in [0.1, 0.15) is 10.3 Å². The highest BCUT2D eigenvalue weighted by Crippen LogP contribution is 2.19. The SMILES string of the molecule is Cn1nc(Br)cc1-c1cnc(Cl)nn1. The van der Waals surface area contributed by atoms with E-state index in [0.29, 0.717) is 5.69 Å². The Balaban J connectivity index is 2.49. The number of rotatable bonds is 1. The first-order valence-electron chi connectivity index (χ1n) is 3.72. The summed E-state index contributed by atoms with van der Waals surface area (Å²) in [5.74, 6) is 0. The van der Waals surface area contributed by atoms with Crippen molar-refractivity contribution in [1.29, 1.82) is 0 Å². The Bertz CT molecular complexity index is 452. The molecule has 14 heavy (non-hydrogen) atoms. The van der Waals surface area contributed by atoms with Crippen molar-refractivity contribution in [2.75, 3.05) is 0 Å². The van der Waals surface area contributed by atoms with E-state index in [1.165, 1.54) is 0 Å². The fourth-order valence-electron chi connectivity index (χ4n) is 1.05. The lowest BCUT2D eigenvalue weighted by molar-refractivity contribution is 0.762. The molecule has 2 aromatic rings. The quantitative estimate of drug-likeness (QED) is 0.794. The molecule has 7 heteroatoms. The van der Waals surface area contributed by atoms with E-state index in [9.17, 15) is 0 Å². The van der Waals surface area contributed by atoms with Crippen LogP contribution in [0.5, 0.6) is 0 Å². The Morgan fingerprint density at radius 2 is 2.21 bits per heavy atom. The van der Waals surface area contributed by atoms with Crippen LogP contribution in [0.4, 0.5) is 0 Å². The fourth-order valence-corrected chi connectivity index (χ4v) is 1.59. The summed E-state index contributed by atoms with van der Waals surface area (Å²) in [7, 11) is 1.82. The highest BCUT2D eigenvalue weighted by atomic mass is 79.9. The second kappa shape index (κ2) is 3.62. The average molecular weight is 275 g/mol. The van der Waals surface area contributed by atoms with E-state index in [0.717, 1.165) is 10.3 Å². The molecule has 0 aliphatic heterocycles. The second-order valence-corrected chi connectivity index (χ2v) is 3.74. The average Bonchev–Trinajstić information content (AvgIpc) is 2.47. The normalized spacial score (nSPS) is 10.5. The van der Waals surface area contributed by atoms with Crippen LogP contribution >= 0.6 is 27.5 Å². The van der Waals surface area contributed by atoms with Crippen LogP contribution < -0.4 is 0 Å². The van der Waals surface area contributed by atoms with Crippen LogP contribution in [0.2, 0.25) is 5.28 Å². The Morgan fingerprint density at radius 3 is 2.71 bits per heavy atom. The second-order valence-electron chi connectivity index (χ2n) is 2.59. The number of aromatic nitrogens is 5. The lowest BCUT2D eigenvalue weighted by Crippen LogP contribution is -1.97. The molecule has 0 radical (unpaired) electrons. The Morgan fingerprint density at radius 1 is 1.43 bits per heavy atom. The van der Waals surface area contributed by atoms with Crippen molar-refractivity contribution in [3.8, 4) is 11.4 Å². The number of hydrogen-bond donors (Lipinski definition) is 0. The molecule has 0 unspecified atom stereocenters. The van der Waals surface area contributed by atoms with E-state index in [-0.39, 0.29) is 5.28 Å². The summed E-state index contributed by atoms with van der Waals surface area (Å²) in [6, 6.07) is 1.83. The molecule has 2 rings (SSSR count). The van der Waals surface area contributed by atoms with Gasteiger partial charge in [-0.3, -0.25) is 4.68 Å². The van der Waals surface area contributed by atoms with E-state index in [1.54, 1.807) is 10.9 Å². The van der Waals surface area contributed by atoms with Gasteiger partial charge in [-0.15, -0.1) is 10.2 Å². The lowest BCUT2D eigenvalue weighted by Gasteiger charge is -1.98. The molecular formula is C7H5BrClN5. The minimum Gasteiger partial charge on any atom is -0.265 e. The maximum absolute atomic E-state index is 5.53. The molecule has 0 atom stereocenters. The van der Waals surface area contributed by atoms with Gasteiger partial charge in [-0.1, -0.05) is 0 Å². The summed E-state index contributed by atoms with van der Waals surface area (Å²) >= 11 is 8.80. The number of aryl methyl sites for hydroxylation is 1. The molecule has 72 valence electrons. The first kappa shape index (κ1) is 9.54. The molecule has 2 heterocycles. The van der Waals surface area contributed by atoms with Crippen LogP contribution in [-0.2, 0) is 7.05 Å². The van der Waals surface area contributed by atoms with E-state index in [2.05, 4.69) is 36.2 Å². The predicted octanol–water partition coefficient (Wildman–Crippen LogP) is 1.69. The first-order chi connectivity index (χ1) is 6.66. The Labute approximate surface area is 93.3 Å². The van der Waals surface area contributed by atoms with Crippen molar-refractivity contribution in [2.24, 2.45) is 7.05 Å². The third-order valence-corrected chi connectivity index (χ3v) is 2.21. The standard InChI is InChI=1S/C7H5BrClN5/c1-14-5(2-6(8)13-14)4-3-10-7(9)12-11-4/h2-3H,1H3. The summed E-state index contributed by atoms with van der Waals surface area (Å²) < 4.78 is 2.43. The van der Waals surface area contributed by atoms with Crippen LogP contribution in [0.25, 0.3) is 11.4 Å². The third-order valence-electron chi connectivity index (χ3n) is 1.65. The third kappa shape index (κ3) is 1.76. The Kier molecular flexibility index (Phi) is 2.47. The molecule has 5 nitrogen and oxygen atoms in total. The zero-order chi connectivity index (χ0) is 10.1. The van der Waals surface area contributed by atoms with Crippen LogP contribution in [0.3, 0.4) is 0 Å². The molecule has 0 aliphatic rings.